The Morgan fingerprint density at radius 3 is 2.24 bits per heavy atom. The molecule has 3 rings (SSSR count). The van der Waals surface area contributed by atoms with Gasteiger partial charge in [0, 0.05) is 19.6 Å². The van der Waals surface area contributed by atoms with Crippen molar-refractivity contribution in [2.24, 2.45) is 5.41 Å². The Bertz CT molecular complexity index is 534. The molecule has 4 amide bonds. The first-order valence-electron chi connectivity index (χ1n) is 9.08. The topological polar surface area (TPSA) is 81.8 Å². The average Bonchev–Trinajstić information content (AvgIpc) is 3.13. The van der Waals surface area contributed by atoms with Crippen molar-refractivity contribution in [2.45, 2.75) is 51.5 Å². The number of nitrogens with zero attached hydrogens (tertiary/aromatic N) is 2. The molecule has 0 aromatic carbocycles. The lowest BCUT2D eigenvalue weighted by Gasteiger charge is -2.39. The van der Waals surface area contributed by atoms with Gasteiger partial charge in [0.15, 0.2) is 0 Å². The van der Waals surface area contributed by atoms with Crippen LogP contribution in [0.25, 0.3) is 0 Å². The zero-order valence-corrected chi connectivity index (χ0v) is 15.9. The number of carbonyl (C=O) groups is 3. The molecule has 3 aliphatic rings. The Kier molecular flexibility index (Phi) is 5.99. The number of hydrogen-bond donors (Lipinski definition) is 2. The lowest BCUT2D eigenvalue weighted by Crippen LogP contribution is -2.49. The molecular weight excluding hydrogens is 344 g/mol. The number of amides is 4. The molecule has 0 aliphatic carbocycles. The van der Waals surface area contributed by atoms with Crippen molar-refractivity contribution < 1.29 is 14.4 Å². The maximum Gasteiger partial charge on any atom is 0.325 e. The molecule has 25 heavy (non-hydrogen) atoms. The summed E-state index contributed by atoms with van der Waals surface area (Å²) in [6, 6.07) is -0.439. The molecule has 142 valence electrons. The molecule has 3 heterocycles. The van der Waals surface area contributed by atoms with E-state index in [-0.39, 0.29) is 30.8 Å². The summed E-state index contributed by atoms with van der Waals surface area (Å²) in [5.74, 6) is -0.387. The third-order valence-corrected chi connectivity index (χ3v) is 6.26. The Morgan fingerprint density at radius 2 is 1.76 bits per heavy atom. The molecule has 0 radical (unpaired) electrons. The molecule has 0 bridgehead atoms. The van der Waals surface area contributed by atoms with E-state index in [4.69, 9.17) is 0 Å². The first kappa shape index (κ1) is 20.0. The van der Waals surface area contributed by atoms with Crippen molar-refractivity contribution in [3.63, 3.8) is 0 Å². The predicted molar refractivity (Wildman–Crippen MR) is 96.5 cm³/mol. The third kappa shape index (κ3) is 3.49. The van der Waals surface area contributed by atoms with Gasteiger partial charge >= 0.3 is 6.03 Å². The quantitative estimate of drug-likeness (QED) is 0.724. The first-order chi connectivity index (χ1) is 11.5. The normalized spacial score (nSPS) is 24.4. The minimum Gasteiger partial charge on any atom is -0.341 e. The van der Waals surface area contributed by atoms with Gasteiger partial charge in [-0.05, 0) is 44.1 Å². The fourth-order valence-electron chi connectivity index (χ4n) is 4.24. The van der Waals surface area contributed by atoms with Gasteiger partial charge in [-0.25, -0.2) is 4.79 Å². The molecule has 1 spiro atoms. The fourth-order valence-corrected chi connectivity index (χ4v) is 4.24. The summed E-state index contributed by atoms with van der Waals surface area (Å²) in [7, 11) is 0. The van der Waals surface area contributed by atoms with E-state index < -0.39 is 11.6 Å². The number of likely N-dealkylation sites (tertiary alicyclic amines) is 1. The van der Waals surface area contributed by atoms with Crippen molar-refractivity contribution >= 4 is 30.3 Å². The van der Waals surface area contributed by atoms with E-state index in [1.54, 1.807) is 0 Å². The van der Waals surface area contributed by atoms with Crippen LogP contribution in [0, 0.1) is 5.41 Å². The van der Waals surface area contributed by atoms with Crippen molar-refractivity contribution in [1.29, 1.82) is 0 Å². The maximum atomic E-state index is 12.6. The van der Waals surface area contributed by atoms with Crippen molar-refractivity contribution in [3.8, 4) is 0 Å². The second kappa shape index (κ2) is 7.50. The summed E-state index contributed by atoms with van der Waals surface area (Å²) in [6.07, 6.45) is 4.26. The average molecular weight is 373 g/mol. The molecule has 2 N–H and O–H groups in total. The molecule has 3 aliphatic heterocycles. The van der Waals surface area contributed by atoms with Crippen LogP contribution in [0.3, 0.4) is 0 Å². The first-order valence-corrected chi connectivity index (χ1v) is 9.08. The fraction of sp³-hybridized carbons (Fsp3) is 0.824. The monoisotopic (exact) mass is 372 g/mol. The van der Waals surface area contributed by atoms with Crippen molar-refractivity contribution in [3.05, 3.63) is 0 Å². The minimum atomic E-state index is -0.834. The predicted octanol–water partition coefficient (Wildman–Crippen LogP) is 1.12. The molecule has 3 saturated heterocycles. The number of urea groups is 1. The zero-order valence-electron chi connectivity index (χ0n) is 15.1. The van der Waals surface area contributed by atoms with E-state index in [0.29, 0.717) is 18.3 Å². The Hall–Kier alpha value is -1.34. The number of imide groups is 1. The van der Waals surface area contributed by atoms with Crippen LogP contribution in [-0.2, 0) is 9.59 Å². The highest BCUT2D eigenvalue weighted by Gasteiger charge is 2.49. The highest BCUT2D eigenvalue weighted by atomic mass is 35.5. The van der Waals surface area contributed by atoms with E-state index in [2.05, 4.69) is 10.6 Å². The van der Waals surface area contributed by atoms with Crippen molar-refractivity contribution in [2.75, 3.05) is 32.7 Å². The second-order valence-electron chi connectivity index (χ2n) is 7.42. The highest BCUT2D eigenvalue weighted by Crippen LogP contribution is 2.37. The Morgan fingerprint density at radius 1 is 1.12 bits per heavy atom. The van der Waals surface area contributed by atoms with Crippen LogP contribution in [-0.4, -0.2) is 65.9 Å². The summed E-state index contributed by atoms with van der Waals surface area (Å²) in [5.41, 5.74) is -0.490. The molecule has 0 atom stereocenters. The van der Waals surface area contributed by atoms with Gasteiger partial charge in [0.05, 0.1) is 0 Å². The van der Waals surface area contributed by atoms with Gasteiger partial charge in [0.2, 0.25) is 5.91 Å². The van der Waals surface area contributed by atoms with Gasteiger partial charge in [-0.1, -0.05) is 13.8 Å². The molecule has 0 saturated carbocycles. The van der Waals surface area contributed by atoms with Gasteiger partial charge in [0.1, 0.15) is 12.1 Å². The number of carbonyl (C=O) groups excluding carboxylic acids is 3. The smallest absolute Gasteiger partial charge is 0.325 e. The van der Waals surface area contributed by atoms with Gasteiger partial charge in [-0.3, -0.25) is 14.5 Å². The minimum absolute atomic E-state index is 0. The summed E-state index contributed by atoms with van der Waals surface area (Å²) < 4.78 is 0. The number of rotatable bonds is 4. The lowest BCUT2D eigenvalue weighted by atomic mass is 9.78. The van der Waals surface area contributed by atoms with E-state index in [1.807, 2.05) is 18.7 Å². The van der Waals surface area contributed by atoms with Crippen LogP contribution in [0.15, 0.2) is 0 Å². The van der Waals surface area contributed by atoms with Gasteiger partial charge < -0.3 is 15.5 Å². The summed E-state index contributed by atoms with van der Waals surface area (Å²) in [6.45, 7) is 7.16. The summed E-state index contributed by atoms with van der Waals surface area (Å²) >= 11 is 0. The zero-order chi connectivity index (χ0) is 17.4. The molecule has 8 heteroatoms. The maximum absolute atomic E-state index is 12.6. The standard InChI is InChI=1S/C17H28N4O3.ClH/c1-3-17(4-2)14(23)21(15(24)19-17)11-13(22)20-9-6-16(7-10-20)5-8-18-12-16;/h18H,3-12H2,1-2H3,(H,19,24);1H. The molecule has 0 aromatic heterocycles. The van der Waals surface area contributed by atoms with E-state index in [9.17, 15) is 14.4 Å². The number of nitrogens with one attached hydrogen (secondary N) is 2. The number of piperidine rings is 1. The van der Waals surface area contributed by atoms with Crippen LogP contribution in [0.1, 0.15) is 46.0 Å². The van der Waals surface area contributed by atoms with Crippen LogP contribution < -0.4 is 10.6 Å². The highest BCUT2D eigenvalue weighted by molar-refractivity contribution is 6.08. The third-order valence-electron chi connectivity index (χ3n) is 6.26. The number of hydrogen-bond acceptors (Lipinski definition) is 4. The molecule has 7 nitrogen and oxygen atoms in total. The van der Waals surface area contributed by atoms with E-state index in [1.165, 1.54) is 6.42 Å². The van der Waals surface area contributed by atoms with Crippen LogP contribution in [0.2, 0.25) is 0 Å². The van der Waals surface area contributed by atoms with Crippen LogP contribution >= 0.6 is 12.4 Å². The molecule has 0 unspecified atom stereocenters. The second-order valence-corrected chi connectivity index (χ2v) is 7.42. The Labute approximate surface area is 155 Å². The van der Waals surface area contributed by atoms with Crippen molar-refractivity contribution in [1.82, 2.24) is 20.4 Å². The largest absolute Gasteiger partial charge is 0.341 e. The molecule has 3 fully saturated rings. The van der Waals surface area contributed by atoms with Gasteiger partial charge in [-0.2, -0.15) is 0 Å². The molecule has 0 aromatic rings. The molecular formula is C17H29ClN4O3. The van der Waals surface area contributed by atoms with E-state index in [0.717, 1.165) is 43.9 Å². The summed E-state index contributed by atoms with van der Waals surface area (Å²) in [4.78, 5) is 40.2. The van der Waals surface area contributed by atoms with Crippen LogP contribution in [0.5, 0.6) is 0 Å². The Balaban J connectivity index is 0.00000225. The lowest BCUT2D eigenvalue weighted by molar-refractivity contribution is -0.140. The van der Waals surface area contributed by atoms with Gasteiger partial charge in [0.25, 0.3) is 5.91 Å². The van der Waals surface area contributed by atoms with Gasteiger partial charge in [-0.15, -0.1) is 12.4 Å². The summed E-state index contributed by atoms with van der Waals surface area (Å²) in [5, 5.41) is 6.18. The number of halogens is 1. The SMILES string of the molecule is CCC1(CC)NC(=O)N(CC(=O)N2CCC3(CCNC3)CC2)C1=O.Cl. The van der Waals surface area contributed by atoms with E-state index >= 15 is 0 Å². The van der Waals surface area contributed by atoms with Crippen LogP contribution in [0.4, 0.5) is 4.79 Å².